The molecule has 54 heavy (non-hydrogen) atoms. The molecule has 3 aromatic carbocycles. The first-order valence-electron chi connectivity index (χ1n) is 17.2. The second kappa shape index (κ2) is 17.1. The highest BCUT2D eigenvalue weighted by molar-refractivity contribution is 7.93. The Morgan fingerprint density at radius 1 is 1.02 bits per heavy atom. The number of rotatable bonds is 10. The van der Waals surface area contributed by atoms with Crippen LogP contribution in [0.5, 0.6) is 0 Å². The smallest absolute Gasteiger partial charge is 0.264 e. The summed E-state index contributed by atoms with van der Waals surface area (Å²) in [5.41, 5.74) is 9.97. The lowest BCUT2D eigenvalue weighted by atomic mass is 10.0. The third-order valence-corrected chi connectivity index (χ3v) is 11.2. The number of para-hydroxylation sites is 1. The van der Waals surface area contributed by atoms with E-state index in [9.17, 15) is 18.0 Å². The SMILES string of the molecule is Cl.Cl.Cn1c(Cc2ccc(C(=N)N)cc2)nc2cc(NS(=O)(=O)c3cccc4c(CC(=O)N5CCNCC5CC(=O)N5CCOCC5)ccnc34)ccc21. The highest BCUT2D eigenvalue weighted by Gasteiger charge is 2.31. The fraction of sp³-hybridized carbons (Fsp3) is 0.324. The standard InChI is InChI=1S/C37H41N9O5S.2ClH/c1-44-31-10-9-27(21-30(31)42-33(44)19-24-5-7-25(8-6-24)37(38)39)43-52(49,50)32-4-2-3-29-26(11-12-41-36(29)32)20-35(48)46-14-13-40-23-28(46)22-34(47)45-15-17-51-18-16-45;;/h2-12,21,28,40,43H,13-20,22-23H2,1H3,(H3,38,39);2*1H. The van der Waals surface area contributed by atoms with E-state index in [2.05, 4.69) is 15.0 Å². The first kappa shape index (κ1) is 40.4. The van der Waals surface area contributed by atoms with Crippen molar-refractivity contribution in [2.75, 3.05) is 50.7 Å². The number of nitrogens with zero attached hydrogens (tertiary/aromatic N) is 5. The van der Waals surface area contributed by atoms with Crippen LogP contribution in [0.25, 0.3) is 21.9 Å². The summed E-state index contributed by atoms with van der Waals surface area (Å²) in [6.07, 6.45) is 2.33. The van der Waals surface area contributed by atoms with Crippen molar-refractivity contribution in [2.45, 2.75) is 30.2 Å². The second-order valence-electron chi connectivity index (χ2n) is 13.1. The minimum absolute atomic E-state index is 0. The quantitative estimate of drug-likeness (QED) is 0.122. The van der Waals surface area contributed by atoms with Crippen LogP contribution in [0.1, 0.15) is 28.9 Å². The predicted octanol–water partition coefficient (Wildman–Crippen LogP) is 3.23. The monoisotopic (exact) mass is 795 g/mol. The van der Waals surface area contributed by atoms with Crippen LogP contribution in [0.15, 0.2) is 77.8 Å². The Labute approximate surface area is 325 Å². The van der Waals surface area contributed by atoms with Gasteiger partial charge in [-0.1, -0.05) is 36.4 Å². The zero-order valence-electron chi connectivity index (χ0n) is 29.7. The lowest BCUT2D eigenvalue weighted by molar-refractivity contribution is -0.140. The van der Waals surface area contributed by atoms with E-state index in [0.717, 1.165) is 16.9 Å². The number of sulfonamides is 1. The van der Waals surface area contributed by atoms with Crippen molar-refractivity contribution in [3.8, 4) is 0 Å². The zero-order valence-corrected chi connectivity index (χ0v) is 32.1. The number of benzene rings is 3. The van der Waals surface area contributed by atoms with E-state index in [1.807, 2.05) is 29.8 Å². The molecule has 2 aliphatic rings. The molecule has 0 radical (unpaired) electrons. The Balaban J connectivity index is 0.00000280. The third kappa shape index (κ3) is 8.61. The highest BCUT2D eigenvalue weighted by Crippen LogP contribution is 2.28. The van der Waals surface area contributed by atoms with Gasteiger partial charge in [0.25, 0.3) is 10.0 Å². The third-order valence-electron chi connectivity index (χ3n) is 9.75. The van der Waals surface area contributed by atoms with Crippen molar-refractivity contribution in [1.29, 1.82) is 5.41 Å². The molecule has 2 fully saturated rings. The van der Waals surface area contributed by atoms with Crippen molar-refractivity contribution in [1.82, 2.24) is 29.7 Å². The zero-order chi connectivity index (χ0) is 36.4. The summed E-state index contributed by atoms with van der Waals surface area (Å²) in [6, 6.07) is 19.0. The number of ether oxygens (including phenoxy) is 1. The number of hydrogen-bond donors (Lipinski definition) is 4. The summed E-state index contributed by atoms with van der Waals surface area (Å²) in [4.78, 5) is 39.6. The fourth-order valence-corrected chi connectivity index (χ4v) is 8.15. The van der Waals surface area contributed by atoms with Gasteiger partial charge in [-0.25, -0.2) is 13.4 Å². The molecule has 2 amide bonds. The number of pyridine rings is 1. The molecule has 2 aliphatic heterocycles. The molecule has 2 aromatic heterocycles. The molecule has 17 heteroatoms. The van der Waals surface area contributed by atoms with Crippen LogP contribution in [0.3, 0.4) is 0 Å². The van der Waals surface area contributed by atoms with E-state index in [1.165, 1.54) is 12.3 Å². The molecule has 286 valence electrons. The molecular formula is C37H43Cl2N9O5S. The first-order valence-corrected chi connectivity index (χ1v) is 18.7. The molecule has 0 saturated carbocycles. The van der Waals surface area contributed by atoms with Crippen LogP contribution in [0, 0.1) is 5.41 Å². The number of fused-ring (bicyclic) bond motifs is 2. The van der Waals surface area contributed by atoms with Crippen molar-refractivity contribution >= 4 is 80.1 Å². The van der Waals surface area contributed by atoms with Crippen LogP contribution in [0.2, 0.25) is 0 Å². The van der Waals surface area contributed by atoms with Crippen LogP contribution in [-0.4, -0.2) is 102 Å². The average molecular weight is 797 g/mol. The number of aryl methyl sites for hydroxylation is 1. The minimum Gasteiger partial charge on any atom is -0.384 e. The Kier molecular flexibility index (Phi) is 12.8. The number of carbonyl (C=O) groups is 2. The van der Waals surface area contributed by atoms with Gasteiger partial charge in [0.2, 0.25) is 11.8 Å². The molecule has 2 saturated heterocycles. The van der Waals surface area contributed by atoms with Crippen molar-refractivity contribution < 1.29 is 22.7 Å². The molecule has 5 N–H and O–H groups in total. The second-order valence-corrected chi connectivity index (χ2v) is 14.8. The highest BCUT2D eigenvalue weighted by atomic mass is 35.5. The molecule has 7 rings (SSSR count). The number of aromatic nitrogens is 3. The van der Waals surface area contributed by atoms with Crippen LogP contribution in [0.4, 0.5) is 5.69 Å². The van der Waals surface area contributed by atoms with Gasteiger partial charge in [0.1, 0.15) is 16.6 Å². The Morgan fingerprint density at radius 2 is 1.78 bits per heavy atom. The van der Waals surface area contributed by atoms with Gasteiger partial charge in [-0.3, -0.25) is 24.7 Å². The summed E-state index contributed by atoms with van der Waals surface area (Å²) in [6.45, 7) is 3.75. The van der Waals surface area contributed by atoms with Crippen LogP contribution < -0.4 is 15.8 Å². The topological polar surface area (TPSA) is 189 Å². The molecular weight excluding hydrogens is 753 g/mol. The van der Waals surface area contributed by atoms with Crippen LogP contribution in [-0.2, 0) is 44.2 Å². The Bertz CT molecular complexity index is 2280. The average Bonchev–Trinajstić information content (AvgIpc) is 3.45. The van der Waals surface area contributed by atoms with Gasteiger partial charge >= 0.3 is 0 Å². The van der Waals surface area contributed by atoms with Gasteiger partial charge < -0.3 is 30.2 Å². The lowest BCUT2D eigenvalue weighted by Gasteiger charge is -2.37. The number of hydrogen-bond acceptors (Lipinski definition) is 9. The minimum atomic E-state index is -4.10. The molecule has 5 aromatic rings. The maximum Gasteiger partial charge on any atom is 0.264 e. The van der Waals surface area contributed by atoms with Gasteiger partial charge in [0, 0.05) is 69.8 Å². The number of morpholine rings is 1. The molecule has 0 bridgehead atoms. The van der Waals surface area contributed by atoms with Crippen LogP contribution >= 0.6 is 24.8 Å². The summed E-state index contributed by atoms with van der Waals surface area (Å²) >= 11 is 0. The van der Waals surface area contributed by atoms with E-state index >= 15 is 0 Å². The van der Waals surface area contributed by atoms with E-state index < -0.39 is 10.0 Å². The maximum absolute atomic E-state index is 13.9. The van der Waals surface area contributed by atoms with Gasteiger partial charge in [0.05, 0.1) is 47.9 Å². The Hall–Kier alpha value is -4.80. The molecule has 4 heterocycles. The summed E-state index contributed by atoms with van der Waals surface area (Å²) < 4.78 is 37.8. The van der Waals surface area contributed by atoms with Crippen molar-refractivity contribution in [2.24, 2.45) is 12.8 Å². The lowest BCUT2D eigenvalue weighted by Crippen LogP contribution is -2.56. The number of nitrogens with two attached hydrogens (primary N) is 1. The van der Waals surface area contributed by atoms with Crippen molar-refractivity contribution in [3.63, 3.8) is 0 Å². The van der Waals surface area contributed by atoms with Gasteiger partial charge in [-0.15, -0.1) is 24.8 Å². The summed E-state index contributed by atoms with van der Waals surface area (Å²) in [7, 11) is -2.19. The van der Waals surface area contributed by atoms with Gasteiger partial charge in [-0.05, 0) is 41.5 Å². The number of nitrogen functional groups attached to an aromatic ring is 1. The molecule has 14 nitrogen and oxygen atoms in total. The normalized spacial score (nSPS) is 16.1. The summed E-state index contributed by atoms with van der Waals surface area (Å²) in [5.74, 6) is 0.679. The molecule has 0 spiro atoms. The van der Waals surface area contributed by atoms with E-state index in [0.29, 0.717) is 80.1 Å². The first-order chi connectivity index (χ1) is 25.1. The number of amidine groups is 1. The molecule has 1 atom stereocenters. The number of anilines is 1. The number of carbonyl (C=O) groups excluding carboxylic acids is 2. The Morgan fingerprint density at radius 3 is 2.52 bits per heavy atom. The van der Waals surface area contributed by atoms with Gasteiger partial charge in [-0.2, -0.15) is 0 Å². The van der Waals surface area contributed by atoms with Gasteiger partial charge in [0.15, 0.2) is 0 Å². The van der Waals surface area contributed by atoms with E-state index in [1.54, 1.807) is 52.3 Å². The van der Waals surface area contributed by atoms with E-state index in [4.69, 9.17) is 20.9 Å². The number of nitrogens with one attached hydrogen (secondary N) is 3. The number of imidazole rings is 1. The predicted molar refractivity (Wildman–Crippen MR) is 212 cm³/mol. The number of amides is 2. The van der Waals surface area contributed by atoms with E-state index in [-0.39, 0.29) is 71.8 Å². The maximum atomic E-state index is 13.9. The van der Waals surface area contributed by atoms with Crippen molar-refractivity contribution in [3.05, 3.63) is 95.4 Å². The number of piperazine rings is 1. The largest absolute Gasteiger partial charge is 0.384 e. The molecule has 1 unspecified atom stereocenters. The molecule has 0 aliphatic carbocycles. The number of halogens is 2. The fourth-order valence-electron chi connectivity index (χ4n) is 6.92. The summed E-state index contributed by atoms with van der Waals surface area (Å²) in [5, 5.41) is 11.5.